The van der Waals surface area contributed by atoms with Crippen molar-refractivity contribution < 1.29 is 14.3 Å². The molecule has 0 bridgehead atoms. The lowest BCUT2D eigenvalue weighted by Crippen LogP contribution is -2.13. The van der Waals surface area contributed by atoms with E-state index in [9.17, 15) is 4.79 Å². The van der Waals surface area contributed by atoms with Gasteiger partial charge in [0.25, 0.3) is 0 Å². The Morgan fingerprint density at radius 2 is 1.61 bits per heavy atom. The van der Waals surface area contributed by atoms with Crippen LogP contribution < -0.4 is 4.74 Å². The van der Waals surface area contributed by atoms with E-state index in [0.29, 0.717) is 5.75 Å². The Bertz CT molecular complexity index is 799. The van der Waals surface area contributed by atoms with Crippen molar-refractivity contribution in [2.75, 3.05) is 6.79 Å². The van der Waals surface area contributed by atoms with Gasteiger partial charge < -0.3 is 9.47 Å². The fourth-order valence-electron chi connectivity index (χ4n) is 4.53. The normalized spacial score (nSPS) is 18.4. The van der Waals surface area contributed by atoms with E-state index in [1.165, 1.54) is 68.1 Å². The fraction of sp³-hybridized carbons (Fsp3) is 0.464. The molecule has 1 aliphatic rings. The molecular weight excluding hydrogens is 384 g/mol. The lowest BCUT2D eigenvalue weighted by atomic mass is 9.77. The highest BCUT2D eigenvalue weighted by molar-refractivity contribution is 5.81. The third-order valence-corrected chi connectivity index (χ3v) is 6.44. The summed E-state index contributed by atoms with van der Waals surface area (Å²) >= 11 is 0. The van der Waals surface area contributed by atoms with Gasteiger partial charge in [-0.1, -0.05) is 75.6 Å². The van der Waals surface area contributed by atoms with Gasteiger partial charge in [0, 0.05) is 6.08 Å². The van der Waals surface area contributed by atoms with Crippen LogP contribution in [0.5, 0.6) is 5.75 Å². The lowest BCUT2D eigenvalue weighted by Gasteiger charge is -2.29. The zero-order chi connectivity index (χ0) is 21.9. The van der Waals surface area contributed by atoms with Crippen molar-refractivity contribution in [2.24, 2.45) is 5.92 Å². The van der Waals surface area contributed by atoms with E-state index in [1.807, 2.05) is 12.1 Å². The van der Waals surface area contributed by atoms with Crippen molar-refractivity contribution in [2.45, 2.75) is 70.6 Å². The van der Waals surface area contributed by atoms with Gasteiger partial charge in [0.1, 0.15) is 5.75 Å². The largest absolute Gasteiger partial charge is 0.457 e. The Morgan fingerprint density at radius 3 is 2.23 bits per heavy atom. The van der Waals surface area contributed by atoms with Gasteiger partial charge >= 0.3 is 5.97 Å². The second-order valence-electron chi connectivity index (χ2n) is 8.71. The molecule has 3 rings (SSSR count). The van der Waals surface area contributed by atoms with Crippen LogP contribution in [0.15, 0.2) is 61.2 Å². The zero-order valence-electron chi connectivity index (χ0n) is 18.9. The van der Waals surface area contributed by atoms with Crippen LogP contribution in [0.4, 0.5) is 0 Å². The second-order valence-corrected chi connectivity index (χ2v) is 8.71. The summed E-state index contributed by atoms with van der Waals surface area (Å²) in [6.45, 7) is 5.54. The van der Waals surface area contributed by atoms with Crippen LogP contribution in [0.1, 0.15) is 80.9 Å². The van der Waals surface area contributed by atoms with E-state index < -0.39 is 5.97 Å². The molecule has 0 heterocycles. The van der Waals surface area contributed by atoms with Crippen LogP contribution >= 0.6 is 0 Å². The van der Waals surface area contributed by atoms with Crippen molar-refractivity contribution in [1.29, 1.82) is 0 Å². The molecule has 0 aromatic heterocycles. The molecule has 3 nitrogen and oxygen atoms in total. The van der Waals surface area contributed by atoms with Gasteiger partial charge in [0.15, 0.2) is 0 Å². The summed E-state index contributed by atoms with van der Waals surface area (Å²) in [6, 6.07) is 17.2. The number of hydrogen-bond donors (Lipinski definition) is 0. The molecule has 2 aromatic rings. The second kappa shape index (κ2) is 12.3. The third-order valence-electron chi connectivity index (χ3n) is 6.44. The molecule has 0 amide bonds. The summed E-state index contributed by atoms with van der Waals surface area (Å²) in [5.74, 6) is 1.90. The third kappa shape index (κ3) is 7.57. The van der Waals surface area contributed by atoms with Crippen LogP contribution in [0.25, 0.3) is 0 Å². The standard InChI is InChI=1S/C28H36O3/c1-3-5-6-7-22-8-14-25(15-9-22)26-16-10-23(11-17-26)20-24-12-18-27(19-13-24)30-21-31-28(29)4-2/h4,10-13,16-19,22,25H,2-3,5-9,14-15,20-21H2,1H3. The topological polar surface area (TPSA) is 35.5 Å². The summed E-state index contributed by atoms with van der Waals surface area (Å²) < 4.78 is 10.2. The lowest BCUT2D eigenvalue weighted by molar-refractivity contribution is -0.144. The van der Waals surface area contributed by atoms with Crippen molar-refractivity contribution >= 4 is 5.97 Å². The molecule has 0 N–H and O–H groups in total. The molecule has 1 saturated carbocycles. The molecule has 0 unspecified atom stereocenters. The average molecular weight is 421 g/mol. The number of esters is 1. The van der Waals surface area contributed by atoms with Crippen molar-refractivity contribution in [3.63, 3.8) is 0 Å². The minimum Gasteiger partial charge on any atom is -0.457 e. The molecule has 0 radical (unpaired) electrons. The van der Waals surface area contributed by atoms with E-state index in [2.05, 4.69) is 49.9 Å². The van der Waals surface area contributed by atoms with Gasteiger partial charge in [-0.05, 0) is 72.8 Å². The van der Waals surface area contributed by atoms with E-state index >= 15 is 0 Å². The minimum absolute atomic E-state index is 0.105. The Labute approximate surface area is 187 Å². The maximum absolute atomic E-state index is 11.0. The molecule has 0 spiro atoms. The summed E-state index contributed by atoms with van der Waals surface area (Å²) in [5.41, 5.74) is 4.06. The van der Waals surface area contributed by atoms with E-state index in [-0.39, 0.29) is 6.79 Å². The molecule has 0 aliphatic heterocycles. The van der Waals surface area contributed by atoms with E-state index in [0.717, 1.165) is 24.3 Å². The predicted molar refractivity (Wildman–Crippen MR) is 126 cm³/mol. The summed E-state index contributed by atoms with van der Waals surface area (Å²) in [6.07, 6.45) is 13.1. The number of hydrogen-bond acceptors (Lipinski definition) is 3. The van der Waals surface area contributed by atoms with Crippen LogP contribution in [0.3, 0.4) is 0 Å². The number of carbonyl (C=O) groups excluding carboxylic acids is 1. The summed E-state index contributed by atoms with van der Waals surface area (Å²) in [7, 11) is 0. The maximum Gasteiger partial charge on any atom is 0.333 e. The van der Waals surface area contributed by atoms with Crippen molar-refractivity contribution in [3.05, 3.63) is 77.9 Å². The van der Waals surface area contributed by atoms with Gasteiger partial charge in [-0.3, -0.25) is 0 Å². The SMILES string of the molecule is C=CC(=O)OCOc1ccc(Cc2ccc(C3CCC(CCCCC)CC3)cc2)cc1. The molecule has 2 aromatic carbocycles. The van der Waals surface area contributed by atoms with Gasteiger partial charge in [-0.15, -0.1) is 0 Å². The maximum atomic E-state index is 11.0. The first-order valence-corrected chi connectivity index (χ1v) is 11.8. The minimum atomic E-state index is -0.486. The quantitative estimate of drug-likeness (QED) is 0.167. The molecular formula is C28H36O3. The number of rotatable bonds is 11. The Kier molecular flexibility index (Phi) is 9.20. The van der Waals surface area contributed by atoms with Gasteiger partial charge in [-0.25, -0.2) is 4.79 Å². The van der Waals surface area contributed by atoms with Crippen molar-refractivity contribution in [1.82, 2.24) is 0 Å². The van der Waals surface area contributed by atoms with Crippen molar-refractivity contribution in [3.8, 4) is 5.75 Å². The highest BCUT2D eigenvalue weighted by atomic mass is 16.7. The predicted octanol–water partition coefficient (Wildman–Crippen LogP) is 7.20. The summed E-state index contributed by atoms with van der Waals surface area (Å²) in [5, 5.41) is 0. The first-order chi connectivity index (χ1) is 15.2. The molecule has 0 saturated heterocycles. The Morgan fingerprint density at radius 1 is 0.968 bits per heavy atom. The first-order valence-electron chi connectivity index (χ1n) is 11.8. The molecule has 1 aliphatic carbocycles. The smallest absolute Gasteiger partial charge is 0.333 e. The number of carbonyl (C=O) groups is 1. The van der Waals surface area contributed by atoms with Gasteiger partial charge in [-0.2, -0.15) is 0 Å². The Hall–Kier alpha value is -2.55. The molecule has 1 fully saturated rings. The number of ether oxygens (including phenoxy) is 2. The van der Waals surface area contributed by atoms with Crippen LogP contribution in [-0.2, 0) is 16.0 Å². The Balaban J connectivity index is 1.44. The van der Waals surface area contributed by atoms with Crippen LogP contribution in [-0.4, -0.2) is 12.8 Å². The van der Waals surface area contributed by atoms with E-state index in [1.54, 1.807) is 0 Å². The number of benzene rings is 2. The summed E-state index contributed by atoms with van der Waals surface area (Å²) in [4.78, 5) is 11.0. The van der Waals surface area contributed by atoms with Gasteiger partial charge in [0.05, 0.1) is 0 Å². The van der Waals surface area contributed by atoms with Crippen LogP contribution in [0.2, 0.25) is 0 Å². The van der Waals surface area contributed by atoms with Gasteiger partial charge in [0.2, 0.25) is 6.79 Å². The van der Waals surface area contributed by atoms with Crippen LogP contribution in [0, 0.1) is 5.92 Å². The number of unbranched alkanes of at least 4 members (excludes halogenated alkanes) is 2. The monoisotopic (exact) mass is 420 g/mol. The molecule has 31 heavy (non-hydrogen) atoms. The molecule has 166 valence electrons. The van der Waals surface area contributed by atoms with E-state index in [4.69, 9.17) is 9.47 Å². The zero-order valence-corrected chi connectivity index (χ0v) is 18.9. The highest BCUT2D eigenvalue weighted by Gasteiger charge is 2.21. The molecule has 3 heteroatoms. The highest BCUT2D eigenvalue weighted by Crippen LogP contribution is 2.37. The fourth-order valence-corrected chi connectivity index (χ4v) is 4.53. The average Bonchev–Trinajstić information content (AvgIpc) is 2.81. The first kappa shape index (κ1) is 23.1. The molecule has 0 atom stereocenters.